The molecule has 0 amide bonds. The second-order valence-corrected chi connectivity index (χ2v) is 6.03. The Morgan fingerprint density at radius 2 is 1.88 bits per heavy atom. The van der Waals surface area contributed by atoms with Crippen molar-refractivity contribution in [2.24, 2.45) is 5.41 Å². The number of nitrogens with one attached hydrogen (secondary N) is 2. The van der Waals surface area contributed by atoms with Crippen molar-refractivity contribution in [1.82, 2.24) is 10.6 Å². The highest BCUT2D eigenvalue weighted by atomic mass is 15.0. The van der Waals surface area contributed by atoms with Crippen molar-refractivity contribution >= 4 is 0 Å². The van der Waals surface area contributed by atoms with Gasteiger partial charge in [0.15, 0.2) is 0 Å². The Labute approximate surface area is 102 Å². The molecule has 1 aliphatic rings. The van der Waals surface area contributed by atoms with Crippen molar-refractivity contribution in [3.05, 3.63) is 0 Å². The molecule has 0 unspecified atom stereocenters. The molecule has 0 bridgehead atoms. The number of rotatable bonds is 7. The zero-order valence-electron chi connectivity index (χ0n) is 11.4. The van der Waals surface area contributed by atoms with Gasteiger partial charge in [-0.1, -0.05) is 40.0 Å². The summed E-state index contributed by atoms with van der Waals surface area (Å²) in [5.74, 6) is 0. The number of piperidine rings is 1. The van der Waals surface area contributed by atoms with E-state index in [2.05, 4.69) is 31.4 Å². The maximum atomic E-state index is 3.75. The highest BCUT2D eigenvalue weighted by Crippen LogP contribution is 2.23. The highest BCUT2D eigenvalue weighted by molar-refractivity contribution is 4.78. The SMILES string of the molecule is CCCCCC(C)(C)CNC1CCNCC1. The van der Waals surface area contributed by atoms with E-state index in [0.717, 1.165) is 6.04 Å². The Hall–Kier alpha value is -0.0800. The molecule has 0 saturated carbocycles. The van der Waals surface area contributed by atoms with Crippen LogP contribution in [-0.4, -0.2) is 25.7 Å². The van der Waals surface area contributed by atoms with E-state index in [1.165, 1.54) is 58.2 Å². The monoisotopic (exact) mass is 226 g/mol. The Morgan fingerprint density at radius 3 is 2.50 bits per heavy atom. The summed E-state index contributed by atoms with van der Waals surface area (Å²) in [5.41, 5.74) is 0.472. The van der Waals surface area contributed by atoms with Crippen LogP contribution in [0.1, 0.15) is 59.3 Å². The molecule has 1 rings (SSSR count). The molecular formula is C14H30N2. The standard InChI is InChI=1S/C14H30N2/c1-4-5-6-9-14(2,3)12-16-13-7-10-15-11-8-13/h13,15-16H,4-12H2,1-3H3. The van der Waals surface area contributed by atoms with E-state index in [0.29, 0.717) is 5.41 Å². The van der Waals surface area contributed by atoms with Crippen LogP contribution in [0.25, 0.3) is 0 Å². The summed E-state index contributed by atoms with van der Waals surface area (Å²) in [6.45, 7) is 10.6. The molecule has 1 saturated heterocycles. The average Bonchev–Trinajstić information content (AvgIpc) is 2.28. The zero-order valence-corrected chi connectivity index (χ0v) is 11.4. The average molecular weight is 226 g/mol. The maximum absolute atomic E-state index is 3.75. The summed E-state index contributed by atoms with van der Waals surface area (Å²) in [5, 5.41) is 7.16. The Kier molecular flexibility index (Phi) is 6.37. The van der Waals surface area contributed by atoms with Gasteiger partial charge >= 0.3 is 0 Å². The minimum Gasteiger partial charge on any atom is -0.317 e. The first-order valence-corrected chi connectivity index (χ1v) is 7.08. The number of hydrogen-bond acceptors (Lipinski definition) is 2. The first kappa shape index (κ1) is 14.0. The Morgan fingerprint density at radius 1 is 1.19 bits per heavy atom. The fraction of sp³-hybridized carbons (Fsp3) is 1.00. The van der Waals surface area contributed by atoms with Gasteiger partial charge in [0.2, 0.25) is 0 Å². The van der Waals surface area contributed by atoms with Crippen LogP contribution in [0.15, 0.2) is 0 Å². The molecule has 1 aliphatic heterocycles. The molecule has 16 heavy (non-hydrogen) atoms. The van der Waals surface area contributed by atoms with Crippen LogP contribution in [0.4, 0.5) is 0 Å². The van der Waals surface area contributed by atoms with Gasteiger partial charge in [0, 0.05) is 12.6 Å². The van der Waals surface area contributed by atoms with Crippen molar-refractivity contribution < 1.29 is 0 Å². The summed E-state index contributed by atoms with van der Waals surface area (Å²) in [6, 6.07) is 0.756. The van der Waals surface area contributed by atoms with Crippen LogP contribution < -0.4 is 10.6 Å². The van der Waals surface area contributed by atoms with Crippen LogP contribution in [0.3, 0.4) is 0 Å². The molecule has 0 aliphatic carbocycles. The maximum Gasteiger partial charge on any atom is 0.00914 e. The zero-order chi connectivity index (χ0) is 11.9. The molecule has 1 heterocycles. The van der Waals surface area contributed by atoms with E-state index < -0.39 is 0 Å². The van der Waals surface area contributed by atoms with Crippen LogP contribution in [-0.2, 0) is 0 Å². The van der Waals surface area contributed by atoms with Crippen molar-refractivity contribution in [2.75, 3.05) is 19.6 Å². The lowest BCUT2D eigenvalue weighted by Gasteiger charge is -2.30. The first-order valence-electron chi connectivity index (χ1n) is 7.08. The van der Waals surface area contributed by atoms with Gasteiger partial charge in [-0.3, -0.25) is 0 Å². The van der Waals surface area contributed by atoms with Crippen LogP contribution in [0.5, 0.6) is 0 Å². The van der Waals surface area contributed by atoms with E-state index in [9.17, 15) is 0 Å². The summed E-state index contributed by atoms with van der Waals surface area (Å²) >= 11 is 0. The van der Waals surface area contributed by atoms with Gasteiger partial charge in [0.1, 0.15) is 0 Å². The molecular weight excluding hydrogens is 196 g/mol. The molecule has 0 radical (unpaired) electrons. The summed E-state index contributed by atoms with van der Waals surface area (Å²) < 4.78 is 0. The second kappa shape index (κ2) is 7.29. The van der Waals surface area contributed by atoms with E-state index >= 15 is 0 Å². The Balaban J connectivity index is 2.13. The van der Waals surface area contributed by atoms with E-state index in [1.807, 2.05) is 0 Å². The molecule has 0 atom stereocenters. The number of unbranched alkanes of at least 4 members (excludes halogenated alkanes) is 2. The smallest absolute Gasteiger partial charge is 0.00914 e. The lowest BCUT2D eigenvalue weighted by atomic mass is 9.86. The van der Waals surface area contributed by atoms with Gasteiger partial charge < -0.3 is 10.6 Å². The van der Waals surface area contributed by atoms with E-state index in [-0.39, 0.29) is 0 Å². The van der Waals surface area contributed by atoms with Crippen LogP contribution in [0.2, 0.25) is 0 Å². The van der Waals surface area contributed by atoms with Gasteiger partial charge in [-0.05, 0) is 37.8 Å². The molecule has 0 spiro atoms. The molecule has 0 aromatic carbocycles. The van der Waals surface area contributed by atoms with Crippen molar-refractivity contribution in [2.45, 2.75) is 65.3 Å². The minimum atomic E-state index is 0.472. The quantitative estimate of drug-likeness (QED) is 0.652. The Bertz CT molecular complexity index is 172. The third-order valence-electron chi connectivity index (χ3n) is 3.67. The van der Waals surface area contributed by atoms with Crippen LogP contribution in [0, 0.1) is 5.41 Å². The molecule has 2 heteroatoms. The van der Waals surface area contributed by atoms with Crippen molar-refractivity contribution in [3.63, 3.8) is 0 Å². The molecule has 96 valence electrons. The lowest BCUT2D eigenvalue weighted by Crippen LogP contribution is -2.43. The first-order chi connectivity index (χ1) is 7.64. The predicted octanol–water partition coefficient (Wildman–Crippen LogP) is 2.93. The van der Waals surface area contributed by atoms with Gasteiger partial charge in [-0.15, -0.1) is 0 Å². The summed E-state index contributed by atoms with van der Waals surface area (Å²) in [6.07, 6.45) is 8.06. The van der Waals surface area contributed by atoms with Gasteiger partial charge in [0.05, 0.1) is 0 Å². The van der Waals surface area contributed by atoms with Gasteiger partial charge in [-0.2, -0.15) is 0 Å². The largest absolute Gasteiger partial charge is 0.317 e. The number of hydrogen-bond donors (Lipinski definition) is 2. The topological polar surface area (TPSA) is 24.1 Å². The van der Waals surface area contributed by atoms with Gasteiger partial charge in [-0.25, -0.2) is 0 Å². The second-order valence-electron chi connectivity index (χ2n) is 6.03. The normalized spacial score (nSPS) is 18.9. The third-order valence-corrected chi connectivity index (χ3v) is 3.67. The van der Waals surface area contributed by atoms with E-state index in [1.54, 1.807) is 0 Å². The fourth-order valence-corrected chi connectivity index (χ4v) is 2.39. The molecule has 0 aromatic heterocycles. The summed E-state index contributed by atoms with van der Waals surface area (Å²) in [4.78, 5) is 0. The molecule has 0 aromatic rings. The molecule has 2 nitrogen and oxygen atoms in total. The van der Waals surface area contributed by atoms with Crippen LogP contribution >= 0.6 is 0 Å². The lowest BCUT2D eigenvalue weighted by molar-refractivity contribution is 0.269. The minimum absolute atomic E-state index is 0.472. The summed E-state index contributed by atoms with van der Waals surface area (Å²) in [7, 11) is 0. The van der Waals surface area contributed by atoms with Crippen molar-refractivity contribution in [1.29, 1.82) is 0 Å². The van der Waals surface area contributed by atoms with Gasteiger partial charge in [0.25, 0.3) is 0 Å². The predicted molar refractivity (Wildman–Crippen MR) is 71.8 cm³/mol. The fourth-order valence-electron chi connectivity index (χ4n) is 2.39. The molecule has 2 N–H and O–H groups in total. The van der Waals surface area contributed by atoms with E-state index in [4.69, 9.17) is 0 Å². The van der Waals surface area contributed by atoms with Crippen molar-refractivity contribution in [3.8, 4) is 0 Å². The highest BCUT2D eigenvalue weighted by Gasteiger charge is 2.20. The molecule has 1 fully saturated rings. The third kappa shape index (κ3) is 5.86.